The Morgan fingerprint density at radius 1 is 1.22 bits per heavy atom. The van der Waals surface area contributed by atoms with Gasteiger partial charge in [0.15, 0.2) is 0 Å². The Hall–Kier alpha value is -3.56. The van der Waals surface area contributed by atoms with Gasteiger partial charge in [0.1, 0.15) is 5.82 Å². The van der Waals surface area contributed by atoms with E-state index in [1.54, 1.807) is 29.1 Å². The minimum absolute atomic E-state index is 0.0160. The molecule has 0 aliphatic carbocycles. The summed E-state index contributed by atoms with van der Waals surface area (Å²) in [6.45, 7) is 4.06. The lowest BCUT2D eigenvalue weighted by molar-refractivity contribution is 0.0903. The lowest BCUT2D eigenvalue weighted by Gasteiger charge is -2.23. The molecule has 0 unspecified atom stereocenters. The van der Waals surface area contributed by atoms with Gasteiger partial charge in [0.2, 0.25) is 5.95 Å². The molecule has 1 saturated heterocycles. The summed E-state index contributed by atoms with van der Waals surface area (Å²) in [6, 6.07) is 11.1. The molecule has 186 valence electrons. The summed E-state index contributed by atoms with van der Waals surface area (Å²) in [5.74, 6) is -0.372. The van der Waals surface area contributed by atoms with Gasteiger partial charge in [-0.1, -0.05) is 23.7 Å². The normalized spacial score (nSPS) is 15.1. The number of amides is 1. The van der Waals surface area contributed by atoms with Crippen LogP contribution in [-0.2, 0) is 11.3 Å². The third-order valence-corrected chi connectivity index (χ3v) is 6.54. The van der Waals surface area contributed by atoms with Gasteiger partial charge in [0, 0.05) is 49.1 Å². The van der Waals surface area contributed by atoms with Crippen molar-refractivity contribution in [3.05, 3.63) is 82.5 Å². The van der Waals surface area contributed by atoms with Crippen LogP contribution in [-0.4, -0.2) is 44.9 Å². The Kier molecular flexibility index (Phi) is 7.11. The fourth-order valence-corrected chi connectivity index (χ4v) is 4.32. The number of aryl methyl sites for hydroxylation is 1. The standard InChI is InChI=1S/C26H26ClFN6O2/c1-2-34-10-7-22(33-34)24(16-5-6-20(27)21(28)13-16)32-25(35)17-3-4-18-15-29-26(31-23(18)14-17)30-19-8-11-36-12-9-19/h3-7,10,13-15,19,24H,2,8-9,11-12H2,1H3,(H,32,35)(H,29,30,31)/t24-/m0/s1. The van der Waals surface area contributed by atoms with Gasteiger partial charge in [-0.25, -0.2) is 14.4 Å². The van der Waals surface area contributed by atoms with E-state index >= 15 is 0 Å². The van der Waals surface area contributed by atoms with E-state index in [1.807, 2.05) is 25.3 Å². The van der Waals surface area contributed by atoms with Crippen LogP contribution in [0.5, 0.6) is 0 Å². The van der Waals surface area contributed by atoms with Gasteiger partial charge in [-0.05, 0) is 55.7 Å². The number of carbonyl (C=O) groups is 1. The predicted octanol–water partition coefficient (Wildman–Crippen LogP) is 4.75. The van der Waals surface area contributed by atoms with E-state index in [4.69, 9.17) is 16.3 Å². The number of hydrogen-bond donors (Lipinski definition) is 2. The lowest BCUT2D eigenvalue weighted by Crippen LogP contribution is -2.30. The summed E-state index contributed by atoms with van der Waals surface area (Å²) in [5, 5.41) is 11.7. The van der Waals surface area contributed by atoms with Crippen LogP contribution < -0.4 is 10.6 Å². The molecule has 5 rings (SSSR count). The Morgan fingerprint density at radius 2 is 2.06 bits per heavy atom. The second-order valence-corrected chi connectivity index (χ2v) is 9.08. The SMILES string of the molecule is CCn1ccc([C@@H](NC(=O)c2ccc3cnc(NC4CCOCC4)nc3c2)c2ccc(Cl)c(F)c2)n1. The van der Waals surface area contributed by atoms with Crippen LogP contribution in [0, 0.1) is 5.82 Å². The number of carbonyl (C=O) groups excluding carboxylic acids is 1. The first-order chi connectivity index (χ1) is 17.5. The molecule has 1 aliphatic rings. The number of nitrogens with one attached hydrogen (secondary N) is 2. The Balaban J connectivity index is 1.41. The summed E-state index contributed by atoms with van der Waals surface area (Å²) in [4.78, 5) is 22.4. The maximum Gasteiger partial charge on any atom is 0.252 e. The molecule has 0 saturated carbocycles. The molecule has 1 atom stereocenters. The average Bonchev–Trinajstić information content (AvgIpc) is 3.38. The van der Waals surface area contributed by atoms with Crippen molar-refractivity contribution in [3.8, 4) is 0 Å². The summed E-state index contributed by atoms with van der Waals surface area (Å²) in [5.41, 5.74) is 2.21. The fraction of sp³-hybridized carbons (Fsp3) is 0.308. The number of hydrogen-bond acceptors (Lipinski definition) is 6. The molecule has 0 spiro atoms. The van der Waals surface area contributed by atoms with Crippen molar-refractivity contribution in [2.45, 2.75) is 38.4 Å². The molecule has 36 heavy (non-hydrogen) atoms. The van der Waals surface area contributed by atoms with Gasteiger partial charge in [0.25, 0.3) is 5.91 Å². The summed E-state index contributed by atoms with van der Waals surface area (Å²) in [7, 11) is 0. The Bertz CT molecular complexity index is 1390. The van der Waals surface area contributed by atoms with E-state index in [-0.39, 0.29) is 17.0 Å². The van der Waals surface area contributed by atoms with Crippen LogP contribution in [0.25, 0.3) is 10.9 Å². The largest absolute Gasteiger partial charge is 0.381 e. The molecule has 8 nitrogen and oxygen atoms in total. The molecule has 2 aromatic heterocycles. The average molecular weight is 509 g/mol. The van der Waals surface area contributed by atoms with Gasteiger partial charge >= 0.3 is 0 Å². The highest BCUT2D eigenvalue weighted by Gasteiger charge is 2.22. The zero-order valence-corrected chi connectivity index (χ0v) is 20.5. The van der Waals surface area contributed by atoms with Crippen LogP contribution in [0.2, 0.25) is 5.02 Å². The molecule has 0 radical (unpaired) electrons. The predicted molar refractivity (Wildman–Crippen MR) is 136 cm³/mol. The number of rotatable bonds is 7. The monoisotopic (exact) mass is 508 g/mol. The van der Waals surface area contributed by atoms with Gasteiger partial charge in [-0.3, -0.25) is 9.48 Å². The number of ether oxygens (including phenoxy) is 1. The molecule has 2 N–H and O–H groups in total. The highest BCUT2D eigenvalue weighted by atomic mass is 35.5. The first-order valence-corrected chi connectivity index (χ1v) is 12.3. The van der Waals surface area contributed by atoms with Crippen molar-refractivity contribution in [3.63, 3.8) is 0 Å². The van der Waals surface area contributed by atoms with E-state index in [0.29, 0.717) is 48.0 Å². The number of nitrogens with zero attached hydrogens (tertiary/aromatic N) is 4. The summed E-state index contributed by atoms with van der Waals surface area (Å²) in [6.07, 6.45) is 5.34. The maximum absolute atomic E-state index is 14.3. The minimum Gasteiger partial charge on any atom is -0.381 e. The molecule has 10 heteroatoms. The van der Waals surface area contributed by atoms with Crippen LogP contribution in [0.1, 0.15) is 47.4 Å². The van der Waals surface area contributed by atoms with Crippen LogP contribution >= 0.6 is 11.6 Å². The smallest absolute Gasteiger partial charge is 0.252 e. The quantitative estimate of drug-likeness (QED) is 0.374. The number of benzene rings is 2. The number of aromatic nitrogens is 4. The lowest BCUT2D eigenvalue weighted by atomic mass is 10.0. The van der Waals surface area contributed by atoms with Crippen molar-refractivity contribution in [2.75, 3.05) is 18.5 Å². The molecule has 3 heterocycles. The van der Waals surface area contributed by atoms with E-state index in [1.165, 1.54) is 12.1 Å². The molecule has 1 amide bonds. The number of fused-ring (bicyclic) bond motifs is 1. The third kappa shape index (κ3) is 5.32. The second-order valence-electron chi connectivity index (χ2n) is 8.67. The fourth-order valence-electron chi connectivity index (χ4n) is 4.20. The van der Waals surface area contributed by atoms with E-state index in [0.717, 1.165) is 18.2 Å². The van der Waals surface area contributed by atoms with Crippen molar-refractivity contribution >= 4 is 34.4 Å². The molecule has 1 fully saturated rings. The van der Waals surface area contributed by atoms with Crippen molar-refractivity contribution in [2.24, 2.45) is 0 Å². The van der Waals surface area contributed by atoms with E-state index in [9.17, 15) is 9.18 Å². The minimum atomic E-state index is -0.663. The van der Waals surface area contributed by atoms with Gasteiger partial charge < -0.3 is 15.4 Å². The van der Waals surface area contributed by atoms with E-state index in [2.05, 4.69) is 25.7 Å². The first-order valence-electron chi connectivity index (χ1n) is 11.9. The molecular weight excluding hydrogens is 483 g/mol. The number of anilines is 1. The summed E-state index contributed by atoms with van der Waals surface area (Å²) >= 11 is 5.88. The third-order valence-electron chi connectivity index (χ3n) is 6.23. The summed E-state index contributed by atoms with van der Waals surface area (Å²) < 4.78 is 21.4. The van der Waals surface area contributed by atoms with Crippen LogP contribution in [0.15, 0.2) is 54.9 Å². The van der Waals surface area contributed by atoms with Crippen molar-refractivity contribution in [1.82, 2.24) is 25.1 Å². The molecule has 1 aliphatic heterocycles. The highest BCUT2D eigenvalue weighted by Crippen LogP contribution is 2.26. The zero-order valence-electron chi connectivity index (χ0n) is 19.7. The Morgan fingerprint density at radius 3 is 2.81 bits per heavy atom. The molecule has 4 aromatic rings. The second kappa shape index (κ2) is 10.6. The van der Waals surface area contributed by atoms with Crippen molar-refractivity contribution < 1.29 is 13.9 Å². The molecular formula is C26H26ClFN6O2. The van der Waals surface area contributed by atoms with Crippen molar-refractivity contribution in [1.29, 1.82) is 0 Å². The van der Waals surface area contributed by atoms with E-state index < -0.39 is 11.9 Å². The zero-order chi connectivity index (χ0) is 25.1. The van der Waals surface area contributed by atoms with Gasteiger partial charge in [-0.2, -0.15) is 5.10 Å². The van der Waals surface area contributed by atoms with Gasteiger partial charge in [0.05, 0.1) is 22.3 Å². The molecule has 2 aromatic carbocycles. The van der Waals surface area contributed by atoms with Gasteiger partial charge in [-0.15, -0.1) is 0 Å². The Labute approximate surface area is 212 Å². The maximum atomic E-state index is 14.3. The highest BCUT2D eigenvalue weighted by molar-refractivity contribution is 6.30. The topological polar surface area (TPSA) is 94.0 Å². The first kappa shape index (κ1) is 24.1. The number of halogens is 2. The molecule has 0 bridgehead atoms. The van der Waals surface area contributed by atoms with Crippen LogP contribution in [0.4, 0.5) is 10.3 Å². The van der Waals surface area contributed by atoms with Crippen LogP contribution in [0.3, 0.4) is 0 Å².